The molecule has 4 fully saturated rings. The summed E-state index contributed by atoms with van der Waals surface area (Å²) < 4.78 is 6.95. The van der Waals surface area contributed by atoms with Gasteiger partial charge in [0.05, 0.1) is 0 Å². The van der Waals surface area contributed by atoms with E-state index in [-0.39, 0.29) is 10.5 Å². The van der Waals surface area contributed by atoms with Crippen molar-refractivity contribution in [2.24, 2.45) is 40.4 Å². The first-order valence-electron chi connectivity index (χ1n) is 14.5. The van der Waals surface area contributed by atoms with Crippen LogP contribution in [0.2, 0.25) is 18.1 Å². The Bertz CT molecular complexity index is 908. The van der Waals surface area contributed by atoms with Crippen LogP contribution in [0.4, 0.5) is 0 Å². The fourth-order valence-electron chi connectivity index (χ4n) is 9.46. The van der Waals surface area contributed by atoms with Crippen molar-refractivity contribution < 1.29 is 9.53 Å². The van der Waals surface area contributed by atoms with Crippen molar-refractivity contribution in [1.29, 1.82) is 0 Å². The van der Waals surface area contributed by atoms with Gasteiger partial charge < -0.3 is 9.53 Å². The van der Waals surface area contributed by atoms with Crippen LogP contribution in [0.25, 0.3) is 0 Å². The maximum Gasteiger partial charge on any atom is 0.192 e. The minimum Gasteiger partial charge on any atom is -0.414 e. The van der Waals surface area contributed by atoms with Gasteiger partial charge in [-0.1, -0.05) is 34.6 Å². The molecule has 0 bridgehead atoms. The maximum atomic E-state index is 11.7. The molecule has 4 saturated carbocycles. The first kappa shape index (κ1) is 26.4. The third-order valence-electron chi connectivity index (χ3n) is 12.4. The van der Waals surface area contributed by atoms with E-state index in [4.69, 9.17) is 4.43 Å². The van der Waals surface area contributed by atoms with Crippen LogP contribution >= 0.6 is 11.3 Å². The summed E-state index contributed by atoms with van der Waals surface area (Å²) in [6.07, 6.45) is 14.1. The Morgan fingerprint density at radius 3 is 2.31 bits per heavy atom. The summed E-state index contributed by atoms with van der Waals surface area (Å²) in [7, 11) is -1.71. The molecule has 0 unspecified atom stereocenters. The molecule has 0 aliphatic heterocycles. The number of rotatable bonds is 4. The molecule has 3 nitrogen and oxygen atoms in total. The monoisotopic (exact) mass is 517 g/mol. The summed E-state index contributed by atoms with van der Waals surface area (Å²) in [5.74, 6) is 3.61. The molecule has 9 atom stereocenters. The van der Waals surface area contributed by atoms with Gasteiger partial charge in [-0.25, -0.2) is 4.98 Å². The van der Waals surface area contributed by atoms with Crippen LogP contribution in [0.1, 0.15) is 104 Å². The smallest absolute Gasteiger partial charge is 0.192 e. The third-order valence-corrected chi connectivity index (χ3v) is 18.0. The fraction of sp³-hybridized carbons (Fsp3) is 0.900. The predicted octanol–water partition coefficient (Wildman–Crippen LogP) is 8.40. The predicted molar refractivity (Wildman–Crippen MR) is 149 cm³/mol. The molecule has 5 heteroatoms. The molecule has 4 aliphatic rings. The second-order valence-corrected chi connectivity index (χ2v) is 20.7. The number of fused-ring (bicyclic) bond motifs is 5. The molecule has 1 N–H and O–H groups in total. The Balaban J connectivity index is 1.32. The van der Waals surface area contributed by atoms with Gasteiger partial charge in [-0.2, -0.15) is 0 Å². The summed E-state index contributed by atoms with van der Waals surface area (Å²) in [5, 5.41) is 15.0. The van der Waals surface area contributed by atoms with Crippen LogP contribution < -0.4 is 0 Å². The van der Waals surface area contributed by atoms with Crippen molar-refractivity contribution in [2.45, 2.75) is 129 Å². The second kappa shape index (κ2) is 8.64. The average Bonchev–Trinajstić information content (AvgIpc) is 3.41. The van der Waals surface area contributed by atoms with Gasteiger partial charge in [0.1, 0.15) is 10.6 Å². The lowest BCUT2D eigenvalue weighted by molar-refractivity contribution is -0.144. The SMILES string of the molecule is CC(C)(C)[Si](C)(C)O[C@H]1CC[C@@]2(C)[C@@H](CC[C@@H]3[C@@H]2CC[C@@]2(C)[C@H]3CC[C@@H]2[C@@](C)(O)c2nccs2)C1. The van der Waals surface area contributed by atoms with Crippen molar-refractivity contribution in [3.05, 3.63) is 16.6 Å². The van der Waals surface area contributed by atoms with Crippen LogP contribution in [0, 0.1) is 40.4 Å². The first-order valence-corrected chi connectivity index (χ1v) is 18.3. The van der Waals surface area contributed by atoms with E-state index in [1.807, 2.05) is 11.6 Å². The second-order valence-electron chi connectivity index (χ2n) is 15.1. The van der Waals surface area contributed by atoms with Gasteiger partial charge in [-0.3, -0.25) is 0 Å². The first-order chi connectivity index (χ1) is 16.2. The van der Waals surface area contributed by atoms with E-state index in [1.165, 1.54) is 51.4 Å². The molecule has 4 aliphatic carbocycles. The van der Waals surface area contributed by atoms with Gasteiger partial charge in [0.15, 0.2) is 8.32 Å². The molecule has 0 radical (unpaired) electrons. The van der Waals surface area contributed by atoms with Crippen LogP contribution in [0.15, 0.2) is 11.6 Å². The molecule has 1 aromatic heterocycles. The molecule has 0 amide bonds. The van der Waals surface area contributed by atoms with Gasteiger partial charge in [0.2, 0.25) is 0 Å². The van der Waals surface area contributed by atoms with Gasteiger partial charge in [-0.05, 0) is 123 Å². The highest BCUT2D eigenvalue weighted by Gasteiger charge is 2.63. The highest BCUT2D eigenvalue weighted by Crippen LogP contribution is 2.69. The zero-order valence-corrected chi connectivity index (χ0v) is 25.5. The summed E-state index contributed by atoms with van der Waals surface area (Å²) in [6, 6.07) is 0. The van der Waals surface area contributed by atoms with Crippen molar-refractivity contribution >= 4 is 19.7 Å². The number of nitrogens with zero attached hydrogens (tertiary/aromatic N) is 1. The number of hydrogen-bond donors (Lipinski definition) is 1. The Morgan fingerprint density at radius 2 is 1.66 bits per heavy atom. The molecule has 35 heavy (non-hydrogen) atoms. The van der Waals surface area contributed by atoms with E-state index in [9.17, 15) is 5.11 Å². The Kier molecular flexibility index (Phi) is 6.51. The summed E-state index contributed by atoms with van der Waals surface area (Å²) in [4.78, 5) is 4.55. The lowest BCUT2D eigenvalue weighted by atomic mass is 9.44. The van der Waals surface area contributed by atoms with Crippen LogP contribution in [-0.4, -0.2) is 24.5 Å². The molecule has 0 aromatic carbocycles. The minimum absolute atomic E-state index is 0.238. The summed E-state index contributed by atoms with van der Waals surface area (Å²) in [5.41, 5.74) is -0.0830. The normalized spacial score (nSPS) is 43.7. The minimum atomic E-state index is -1.71. The Hall–Kier alpha value is -0.233. The standard InChI is InChI=1S/C30H51NO2SSi/c1-27(2,3)35(7,8)33-21-13-15-28(4)20(19-21)9-10-22-23-11-12-25(29(23,5)16-14-24(22)28)30(6,32)26-31-17-18-34-26/h17-18,20-25,32H,9-16,19H2,1-8H3/t20-,21-,22-,23-,24-,25-,28-,29-,30+/m0/s1. The van der Waals surface area contributed by atoms with E-state index in [1.54, 1.807) is 11.3 Å². The molecule has 1 aromatic rings. The molecular weight excluding hydrogens is 466 g/mol. The van der Waals surface area contributed by atoms with Crippen molar-refractivity contribution in [3.63, 3.8) is 0 Å². The van der Waals surface area contributed by atoms with Gasteiger partial charge in [0.25, 0.3) is 0 Å². The number of aliphatic hydroxyl groups is 1. The highest BCUT2D eigenvalue weighted by atomic mass is 32.1. The van der Waals surface area contributed by atoms with Crippen LogP contribution in [0.5, 0.6) is 0 Å². The molecule has 0 spiro atoms. The van der Waals surface area contributed by atoms with Crippen LogP contribution in [-0.2, 0) is 10.0 Å². The van der Waals surface area contributed by atoms with Crippen LogP contribution in [0.3, 0.4) is 0 Å². The molecule has 198 valence electrons. The number of thiazole rings is 1. The highest BCUT2D eigenvalue weighted by molar-refractivity contribution is 7.09. The van der Waals surface area contributed by atoms with Gasteiger partial charge in [-0.15, -0.1) is 11.3 Å². The Morgan fingerprint density at radius 1 is 0.971 bits per heavy atom. The van der Waals surface area contributed by atoms with E-state index >= 15 is 0 Å². The van der Waals surface area contributed by atoms with E-state index in [0.29, 0.717) is 17.4 Å². The quantitative estimate of drug-likeness (QED) is 0.408. The van der Waals surface area contributed by atoms with Crippen molar-refractivity contribution in [1.82, 2.24) is 4.98 Å². The molecule has 0 saturated heterocycles. The zero-order chi connectivity index (χ0) is 25.4. The lowest BCUT2D eigenvalue weighted by Crippen LogP contribution is -2.56. The van der Waals surface area contributed by atoms with E-state index in [0.717, 1.165) is 35.1 Å². The number of aromatic nitrogens is 1. The van der Waals surface area contributed by atoms with E-state index < -0.39 is 13.9 Å². The topological polar surface area (TPSA) is 42.4 Å². The maximum absolute atomic E-state index is 11.7. The third kappa shape index (κ3) is 4.14. The molecule has 5 rings (SSSR count). The Labute approximate surface area is 220 Å². The lowest BCUT2D eigenvalue weighted by Gasteiger charge is -2.62. The zero-order valence-electron chi connectivity index (χ0n) is 23.7. The molecular formula is C30H51NO2SSi. The largest absolute Gasteiger partial charge is 0.414 e. The molecule has 1 heterocycles. The summed E-state index contributed by atoms with van der Waals surface area (Å²) >= 11 is 1.63. The number of hydrogen-bond acceptors (Lipinski definition) is 4. The van der Waals surface area contributed by atoms with Gasteiger partial charge in [0, 0.05) is 17.7 Å². The van der Waals surface area contributed by atoms with Crippen molar-refractivity contribution in [3.8, 4) is 0 Å². The van der Waals surface area contributed by atoms with Crippen molar-refractivity contribution in [2.75, 3.05) is 0 Å². The summed E-state index contributed by atoms with van der Waals surface area (Å²) in [6.45, 7) is 19.2. The van der Waals surface area contributed by atoms with Gasteiger partial charge >= 0.3 is 0 Å². The average molecular weight is 518 g/mol. The fourth-order valence-corrected chi connectivity index (χ4v) is 11.6. The van der Waals surface area contributed by atoms with E-state index in [2.05, 4.69) is 59.6 Å².